The van der Waals surface area contributed by atoms with E-state index in [2.05, 4.69) is 59.5 Å². The number of hydrogen-bond donors (Lipinski definition) is 2. The molecule has 3 rings (SSSR count). The van der Waals surface area contributed by atoms with E-state index in [4.69, 9.17) is 9.47 Å². The topological polar surface area (TPSA) is 58.1 Å². The average Bonchev–Trinajstić information content (AvgIpc) is 3.27. The summed E-state index contributed by atoms with van der Waals surface area (Å²) in [6, 6.07) is 7.02. The van der Waals surface area contributed by atoms with Crippen molar-refractivity contribution in [3.63, 3.8) is 0 Å². The Morgan fingerprint density at radius 3 is 2.87 bits per heavy atom. The molecule has 0 saturated carbocycles. The third-order valence-electron chi connectivity index (χ3n) is 6.18. The minimum absolute atomic E-state index is 0.224. The normalized spacial score (nSPS) is 23.0. The molecule has 30 heavy (non-hydrogen) atoms. The van der Waals surface area contributed by atoms with Crippen molar-refractivity contribution in [1.82, 2.24) is 15.5 Å². The van der Waals surface area contributed by atoms with Crippen LogP contribution in [0.2, 0.25) is 0 Å². The van der Waals surface area contributed by atoms with Crippen LogP contribution in [0.1, 0.15) is 50.7 Å². The lowest BCUT2D eigenvalue weighted by atomic mass is 9.97. The number of aliphatic imine (C=N–C) groups is 1. The van der Waals surface area contributed by atoms with Crippen molar-refractivity contribution >= 4 is 5.96 Å². The predicted molar refractivity (Wildman–Crippen MR) is 123 cm³/mol. The molecule has 0 aliphatic carbocycles. The van der Waals surface area contributed by atoms with Gasteiger partial charge >= 0.3 is 0 Å². The number of guanidine groups is 1. The zero-order valence-corrected chi connectivity index (χ0v) is 19.2. The van der Waals surface area contributed by atoms with Crippen LogP contribution in [0.4, 0.5) is 0 Å². The SMILES string of the molecule is CN=C(NCc1ccc(C)cc1OCC1CCCO1)NCC1CCCN(C(C)C)C1. The van der Waals surface area contributed by atoms with Crippen LogP contribution in [0.15, 0.2) is 23.2 Å². The van der Waals surface area contributed by atoms with Gasteiger partial charge in [0, 0.05) is 44.9 Å². The Balaban J connectivity index is 1.49. The summed E-state index contributed by atoms with van der Waals surface area (Å²) in [6.45, 7) is 12.2. The zero-order valence-electron chi connectivity index (χ0n) is 19.2. The monoisotopic (exact) mass is 416 g/mol. The number of nitrogens with zero attached hydrogens (tertiary/aromatic N) is 2. The van der Waals surface area contributed by atoms with Gasteiger partial charge in [-0.2, -0.15) is 0 Å². The molecule has 0 radical (unpaired) electrons. The highest BCUT2D eigenvalue weighted by Crippen LogP contribution is 2.22. The molecule has 2 aliphatic heterocycles. The second-order valence-electron chi connectivity index (χ2n) is 8.96. The molecule has 2 atom stereocenters. The Labute approximate surface area is 182 Å². The molecule has 1 aromatic carbocycles. The van der Waals surface area contributed by atoms with E-state index in [1.54, 1.807) is 0 Å². The lowest BCUT2D eigenvalue weighted by Gasteiger charge is -2.35. The van der Waals surface area contributed by atoms with Gasteiger partial charge in [-0.05, 0) is 70.5 Å². The maximum absolute atomic E-state index is 6.13. The molecule has 0 spiro atoms. The molecule has 2 saturated heterocycles. The third-order valence-corrected chi connectivity index (χ3v) is 6.18. The van der Waals surface area contributed by atoms with E-state index < -0.39 is 0 Å². The molecule has 2 unspecified atom stereocenters. The van der Waals surface area contributed by atoms with Gasteiger partial charge in [0.15, 0.2) is 5.96 Å². The maximum atomic E-state index is 6.13. The molecule has 6 nitrogen and oxygen atoms in total. The summed E-state index contributed by atoms with van der Waals surface area (Å²) in [5.41, 5.74) is 2.35. The lowest BCUT2D eigenvalue weighted by Crippen LogP contribution is -2.46. The molecule has 0 amide bonds. The van der Waals surface area contributed by atoms with E-state index >= 15 is 0 Å². The van der Waals surface area contributed by atoms with Crippen LogP contribution in [0.3, 0.4) is 0 Å². The summed E-state index contributed by atoms with van der Waals surface area (Å²) in [6.07, 6.45) is 5.01. The zero-order chi connectivity index (χ0) is 21.3. The Hall–Kier alpha value is -1.79. The van der Waals surface area contributed by atoms with Crippen LogP contribution in [0, 0.1) is 12.8 Å². The Bertz CT molecular complexity index is 686. The van der Waals surface area contributed by atoms with Crippen molar-refractivity contribution in [2.45, 2.75) is 65.1 Å². The van der Waals surface area contributed by atoms with E-state index in [1.807, 2.05) is 7.05 Å². The smallest absolute Gasteiger partial charge is 0.191 e. The predicted octanol–water partition coefficient (Wildman–Crippen LogP) is 3.34. The first-order valence-corrected chi connectivity index (χ1v) is 11.6. The summed E-state index contributed by atoms with van der Waals surface area (Å²) in [5.74, 6) is 2.46. The fourth-order valence-electron chi connectivity index (χ4n) is 4.27. The van der Waals surface area contributed by atoms with Gasteiger partial charge < -0.3 is 25.0 Å². The van der Waals surface area contributed by atoms with Crippen molar-refractivity contribution in [3.05, 3.63) is 29.3 Å². The highest BCUT2D eigenvalue weighted by molar-refractivity contribution is 5.79. The molecule has 2 heterocycles. The van der Waals surface area contributed by atoms with E-state index in [0.717, 1.165) is 43.3 Å². The van der Waals surface area contributed by atoms with E-state index in [-0.39, 0.29) is 6.10 Å². The van der Waals surface area contributed by atoms with Gasteiger partial charge in [-0.15, -0.1) is 0 Å². The lowest BCUT2D eigenvalue weighted by molar-refractivity contribution is 0.0676. The molecule has 2 aliphatic rings. The summed E-state index contributed by atoms with van der Waals surface area (Å²) in [5, 5.41) is 6.99. The largest absolute Gasteiger partial charge is 0.491 e. The van der Waals surface area contributed by atoms with Crippen LogP contribution in [-0.2, 0) is 11.3 Å². The van der Waals surface area contributed by atoms with Gasteiger partial charge in [-0.25, -0.2) is 0 Å². The minimum Gasteiger partial charge on any atom is -0.491 e. The highest BCUT2D eigenvalue weighted by Gasteiger charge is 2.22. The van der Waals surface area contributed by atoms with Gasteiger partial charge in [-0.3, -0.25) is 4.99 Å². The quantitative estimate of drug-likeness (QED) is 0.503. The van der Waals surface area contributed by atoms with E-state index in [1.165, 1.54) is 31.5 Å². The first-order chi connectivity index (χ1) is 14.5. The molecular weight excluding hydrogens is 376 g/mol. The van der Waals surface area contributed by atoms with Gasteiger partial charge in [0.2, 0.25) is 0 Å². The van der Waals surface area contributed by atoms with E-state index in [9.17, 15) is 0 Å². The first kappa shape index (κ1) is 22.9. The number of hydrogen-bond acceptors (Lipinski definition) is 4. The van der Waals surface area contributed by atoms with Gasteiger partial charge in [-0.1, -0.05) is 12.1 Å². The first-order valence-electron chi connectivity index (χ1n) is 11.6. The molecular formula is C24H40N4O2. The van der Waals surface area contributed by atoms with Crippen LogP contribution >= 0.6 is 0 Å². The number of likely N-dealkylation sites (tertiary alicyclic amines) is 1. The number of ether oxygens (including phenoxy) is 2. The minimum atomic E-state index is 0.224. The molecule has 6 heteroatoms. The molecule has 2 fully saturated rings. The summed E-state index contributed by atoms with van der Waals surface area (Å²) < 4.78 is 11.8. The summed E-state index contributed by atoms with van der Waals surface area (Å²) >= 11 is 0. The molecule has 2 N–H and O–H groups in total. The number of piperidine rings is 1. The second-order valence-corrected chi connectivity index (χ2v) is 8.96. The van der Waals surface area contributed by atoms with Gasteiger partial charge in [0.1, 0.15) is 12.4 Å². The van der Waals surface area contributed by atoms with Crippen molar-refractivity contribution in [2.75, 3.05) is 39.9 Å². The van der Waals surface area contributed by atoms with Crippen LogP contribution in [-0.4, -0.2) is 62.9 Å². The average molecular weight is 417 g/mol. The second kappa shape index (κ2) is 11.6. The number of benzene rings is 1. The maximum Gasteiger partial charge on any atom is 0.191 e. The number of rotatable bonds is 8. The standard InChI is InChI=1S/C24H40N4O2/c1-18(2)28-11-5-7-20(16-28)14-26-24(25-4)27-15-21-10-9-19(3)13-23(21)30-17-22-8-6-12-29-22/h9-10,13,18,20,22H,5-8,11-12,14-17H2,1-4H3,(H2,25,26,27). The highest BCUT2D eigenvalue weighted by atomic mass is 16.5. The van der Waals surface area contributed by atoms with Crippen molar-refractivity contribution in [2.24, 2.45) is 10.9 Å². The van der Waals surface area contributed by atoms with Crippen LogP contribution in [0.5, 0.6) is 5.75 Å². The van der Waals surface area contributed by atoms with Crippen molar-refractivity contribution < 1.29 is 9.47 Å². The van der Waals surface area contributed by atoms with Crippen molar-refractivity contribution in [3.8, 4) is 5.75 Å². The molecule has 0 bridgehead atoms. The van der Waals surface area contributed by atoms with Crippen molar-refractivity contribution in [1.29, 1.82) is 0 Å². The Kier molecular flexibility index (Phi) is 8.82. The molecule has 0 aromatic heterocycles. The Morgan fingerprint density at radius 1 is 1.27 bits per heavy atom. The van der Waals surface area contributed by atoms with Crippen LogP contribution in [0.25, 0.3) is 0 Å². The Morgan fingerprint density at radius 2 is 2.13 bits per heavy atom. The summed E-state index contributed by atoms with van der Waals surface area (Å²) in [7, 11) is 1.83. The third kappa shape index (κ3) is 6.88. The van der Waals surface area contributed by atoms with Gasteiger partial charge in [0.25, 0.3) is 0 Å². The number of nitrogens with one attached hydrogen (secondary N) is 2. The summed E-state index contributed by atoms with van der Waals surface area (Å²) in [4.78, 5) is 7.00. The molecule has 1 aromatic rings. The fourth-order valence-corrected chi connectivity index (χ4v) is 4.27. The van der Waals surface area contributed by atoms with Gasteiger partial charge in [0.05, 0.1) is 6.10 Å². The number of aryl methyl sites for hydroxylation is 1. The van der Waals surface area contributed by atoms with Crippen LogP contribution < -0.4 is 15.4 Å². The fraction of sp³-hybridized carbons (Fsp3) is 0.708. The van der Waals surface area contributed by atoms with E-state index in [0.29, 0.717) is 25.1 Å². The molecule has 168 valence electrons.